The fraction of sp³-hybridized carbons (Fsp3) is 0.364. The molecule has 65 valence electrons. The van der Waals surface area contributed by atoms with Crippen LogP contribution in [0.3, 0.4) is 0 Å². The van der Waals surface area contributed by atoms with Crippen LogP contribution >= 0.6 is 22.6 Å². The molecule has 1 radical (unpaired) electrons. The van der Waals surface area contributed by atoms with E-state index in [0.717, 1.165) is 6.42 Å². The quantitative estimate of drug-likeness (QED) is 0.719. The van der Waals surface area contributed by atoms with E-state index in [2.05, 4.69) is 61.6 Å². The predicted octanol–water partition coefficient (Wildman–Crippen LogP) is 3.82. The highest BCUT2D eigenvalue weighted by Gasteiger charge is 2.07. The summed E-state index contributed by atoms with van der Waals surface area (Å²) in [5, 5.41) is 0. The fourth-order valence-electron chi connectivity index (χ4n) is 1.39. The van der Waals surface area contributed by atoms with Crippen LogP contribution in [-0.2, 0) is 6.42 Å². The maximum absolute atomic E-state index is 2.41. The monoisotopic (exact) mass is 273 g/mol. The molecule has 0 aliphatic heterocycles. The van der Waals surface area contributed by atoms with E-state index in [4.69, 9.17) is 0 Å². The molecule has 0 N–H and O–H groups in total. The molecule has 0 aliphatic carbocycles. The van der Waals surface area contributed by atoms with Crippen molar-refractivity contribution in [3.8, 4) is 0 Å². The molecule has 0 spiro atoms. The summed E-state index contributed by atoms with van der Waals surface area (Å²) < 4.78 is 1.38. The van der Waals surface area contributed by atoms with Crippen LogP contribution in [-0.4, -0.2) is 0 Å². The van der Waals surface area contributed by atoms with E-state index < -0.39 is 0 Å². The second-order valence-electron chi connectivity index (χ2n) is 3.12. The number of hydrogen-bond donors (Lipinski definition) is 0. The fourth-order valence-corrected chi connectivity index (χ4v) is 2.27. The van der Waals surface area contributed by atoms with Gasteiger partial charge in [-0.3, -0.25) is 0 Å². The molecule has 1 aromatic rings. The van der Waals surface area contributed by atoms with Crippen molar-refractivity contribution in [1.29, 1.82) is 0 Å². The topological polar surface area (TPSA) is 0 Å². The molecule has 1 heteroatoms. The zero-order chi connectivity index (χ0) is 9.14. The molecule has 12 heavy (non-hydrogen) atoms. The third kappa shape index (κ3) is 2.00. The number of halogens is 1. The summed E-state index contributed by atoms with van der Waals surface area (Å²) >= 11 is 2.41. The Kier molecular flexibility index (Phi) is 3.56. The Morgan fingerprint density at radius 2 is 2.00 bits per heavy atom. The molecule has 0 bridgehead atoms. The van der Waals surface area contributed by atoms with Crippen molar-refractivity contribution in [3.63, 3.8) is 0 Å². The largest absolute Gasteiger partial charge is 0.0612 e. The summed E-state index contributed by atoms with van der Waals surface area (Å²) in [7, 11) is 0. The molecular formula is C11H14I. The van der Waals surface area contributed by atoms with Gasteiger partial charge in [0.1, 0.15) is 0 Å². The van der Waals surface area contributed by atoms with Crippen molar-refractivity contribution in [2.24, 2.45) is 0 Å². The van der Waals surface area contributed by atoms with Crippen LogP contribution in [0.15, 0.2) is 18.2 Å². The first kappa shape index (κ1) is 10.0. The Hall–Kier alpha value is -0.0500. The van der Waals surface area contributed by atoms with Crippen LogP contribution in [0.4, 0.5) is 0 Å². The molecule has 1 rings (SSSR count). The van der Waals surface area contributed by atoms with E-state index in [1.165, 1.54) is 20.6 Å². The van der Waals surface area contributed by atoms with Crippen LogP contribution < -0.4 is 0 Å². The number of hydrogen-bond acceptors (Lipinski definition) is 0. The highest BCUT2D eigenvalue weighted by Crippen LogP contribution is 2.23. The molecule has 0 amide bonds. The summed E-state index contributed by atoms with van der Waals surface area (Å²) in [6.45, 7) is 6.55. The van der Waals surface area contributed by atoms with E-state index in [9.17, 15) is 0 Å². The zero-order valence-electron chi connectivity index (χ0n) is 7.82. The standard InChI is InChI=1S/C11H14I/c1-4-9-10(8(2)3)6-5-7-11(9)12/h5-7H,4H2,1-3H3. The third-order valence-corrected chi connectivity index (χ3v) is 3.02. The molecule has 0 atom stereocenters. The van der Waals surface area contributed by atoms with E-state index in [1.807, 2.05) is 0 Å². The predicted molar refractivity (Wildman–Crippen MR) is 62.2 cm³/mol. The van der Waals surface area contributed by atoms with Crippen LogP contribution in [0.5, 0.6) is 0 Å². The summed E-state index contributed by atoms with van der Waals surface area (Å²) in [6, 6.07) is 6.51. The van der Waals surface area contributed by atoms with E-state index in [1.54, 1.807) is 0 Å². The lowest BCUT2D eigenvalue weighted by Crippen LogP contribution is -1.97. The molecule has 0 heterocycles. The SMILES string of the molecule is CCc1c(I)cccc1[C](C)C. The first-order valence-corrected chi connectivity index (χ1v) is 5.32. The molecule has 1 aromatic carbocycles. The second-order valence-corrected chi connectivity index (χ2v) is 4.28. The number of benzene rings is 1. The minimum atomic E-state index is 1.12. The molecule has 0 saturated carbocycles. The maximum Gasteiger partial charge on any atom is 0.0165 e. The lowest BCUT2D eigenvalue weighted by Gasteiger charge is -2.12. The van der Waals surface area contributed by atoms with E-state index in [-0.39, 0.29) is 0 Å². The van der Waals surface area contributed by atoms with Gasteiger partial charge in [-0.1, -0.05) is 32.9 Å². The molecule has 0 aromatic heterocycles. The molecule has 0 saturated heterocycles. The summed E-state index contributed by atoms with van der Waals surface area (Å²) in [4.78, 5) is 0. The normalized spacial score (nSPS) is 10.8. The van der Waals surface area contributed by atoms with Crippen molar-refractivity contribution in [2.75, 3.05) is 0 Å². The Labute approximate surface area is 88.5 Å². The molecule has 0 nitrogen and oxygen atoms in total. The molecular weight excluding hydrogens is 259 g/mol. The van der Waals surface area contributed by atoms with Gasteiger partial charge >= 0.3 is 0 Å². The van der Waals surface area contributed by atoms with Crippen molar-refractivity contribution in [1.82, 2.24) is 0 Å². The van der Waals surface area contributed by atoms with Gasteiger partial charge in [-0.2, -0.15) is 0 Å². The van der Waals surface area contributed by atoms with Crippen LogP contribution in [0.2, 0.25) is 0 Å². The Morgan fingerprint density at radius 1 is 1.33 bits per heavy atom. The van der Waals surface area contributed by atoms with E-state index >= 15 is 0 Å². The summed E-state index contributed by atoms with van der Waals surface area (Å²) in [6.07, 6.45) is 1.12. The lowest BCUT2D eigenvalue weighted by molar-refractivity contribution is 1.04. The smallest absolute Gasteiger partial charge is 0.0165 e. The van der Waals surface area contributed by atoms with Crippen LogP contribution in [0.25, 0.3) is 0 Å². The highest BCUT2D eigenvalue weighted by atomic mass is 127. The van der Waals surface area contributed by atoms with Crippen LogP contribution in [0.1, 0.15) is 31.9 Å². The molecule has 0 fully saturated rings. The van der Waals surface area contributed by atoms with Gasteiger partial charge in [0.05, 0.1) is 0 Å². The second kappa shape index (κ2) is 4.26. The number of rotatable bonds is 2. The van der Waals surface area contributed by atoms with Gasteiger partial charge in [-0.15, -0.1) is 0 Å². The zero-order valence-corrected chi connectivity index (χ0v) is 9.97. The van der Waals surface area contributed by atoms with Gasteiger partial charge in [-0.05, 0) is 52.1 Å². The minimum absolute atomic E-state index is 1.12. The van der Waals surface area contributed by atoms with Crippen molar-refractivity contribution in [2.45, 2.75) is 27.2 Å². The van der Waals surface area contributed by atoms with Gasteiger partial charge in [0.15, 0.2) is 0 Å². The first-order valence-electron chi connectivity index (χ1n) is 4.24. The van der Waals surface area contributed by atoms with Gasteiger partial charge in [-0.25, -0.2) is 0 Å². The van der Waals surface area contributed by atoms with Gasteiger partial charge in [0.2, 0.25) is 0 Å². The third-order valence-electron chi connectivity index (χ3n) is 2.01. The molecule has 0 aliphatic rings. The average Bonchev–Trinajstić information content (AvgIpc) is 2.03. The van der Waals surface area contributed by atoms with Gasteiger partial charge < -0.3 is 0 Å². The van der Waals surface area contributed by atoms with Crippen molar-refractivity contribution in [3.05, 3.63) is 38.8 Å². The molecule has 0 unspecified atom stereocenters. The lowest BCUT2D eigenvalue weighted by atomic mass is 9.96. The Bertz CT molecular complexity index is 264. The van der Waals surface area contributed by atoms with Gasteiger partial charge in [0, 0.05) is 3.57 Å². The first-order chi connectivity index (χ1) is 5.66. The Balaban J connectivity index is 3.18. The summed E-state index contributed by atoms with van der Waals surface area (Å²) in [5.74, 6) is 1.41. The highest BCUT2D eigenvalue weighted by molar-refractivity contribution is 14.1. The van der Waals surface area contributed by atoms with Crippen molar-refractivity contribution < 1.29 is 0 Å². The van der Waals surface area contributed by atoms with E-state index in [0.29, 0.717) is 0 Å². The minimum Gasteiger partial charge on any atom is -0.0612 e. The summed E-state index contributed by atoms with van der Waals surface area (Å²) in [5.41, 5.74) is 2.91. The van der Waals surface area contributed by atoms with Gasteiger partial charge in [0.25, 0.3) is 0 Å². The van der Waals surface area contributed by atoms with Crippen LogP contribution in [0, 0.1) is 9.49 Å². The maximum atomic E-state index is 2.41. The van der Waals surface area contributed by atoms with Crippen molar-refractivity contribution >= 4 is 22.6 Å². The average molecular weight is 273 g/mol. The Morgan fingerprint density at radius 3 is 2.42 bits per heavy atom.